The molecule has 0 fully saturated rings. The molecule has 1 aromatic heterocycles. The van der Waals surface area contributed by atoms with Crippen LogP contribution in [0.2, 0.25) is 0 Å². The smallest absolute Gasteiger partial charge is 0.418 e. The number of carbonyl (C=O) groups is 1. The van der Waals surface area contributed by atoms with Crippen LogP contribution in [0.5, 0.6) is 0 Å². The molecule has 0 spiro atoms. The minimum absolute atomic E-state index is 0.391. The molecule has 0 amide bonds. The summed E-state index contributed by atoms with van der Waals surface area (Å²) in [7, 11) is 1.36. The molecule has 0 aliphatic rings. The highest BCUT2D eigenvalue weighted by Crippen LogP contribution is 2.14. The van der Waals surface area contributed by atoms with Crippen LogP contribution in [0.25, 0.3) is 10.9 Å². The van der Waals surface area contributed by atoms with E-state index in [0.717, 1.165) is 10.9 Å². The lowest BCUT2D eigenvalue weighted by Gasteiger charge is -2.00. The van der Waals surface area contributed by atoms with Gasteiger partial charge in [0.1, 0.15) is 0 Å². The van der Waals surface area contributed by atoms with Crippen molar-refractivity contribution in [3.8, 4) is 0 Å². The molecule has 13 heavy (non-hydrogen) atoms. The van der Waals surface area contributed by atoms with E-state index in [1.165, 1.54) is 11.7 Å². The number of benzene rings is 1. The van der Waals surface area contributed by atoms with Crippen LogP contribution in [-0.4, -0.2) is 17.8 Å². The van der Waals surface area contributed by atoms with Crippen LogP contribution < -0.4 is 0 Å². The zero-order chi connectivity index (χ0) is 9.26. The Morgan fingerprint density at radius 3 is 3.00 bits per heavy atom. The number of methoxy groups -OCH3 is 1. The Balaban J connectivity index is 2.64. The van der Waals surface area contributed by atoms with Crippen molar-refractivity contribution < 1.29 is 9.53 Å². The Labute approximate surface area is 75.5 Å². The first-order valence-corrected chi connectivity index (χ1v) is 3.89. The summed E-state index contributed by atoms with van der Waals surface area (Å²) in [6.07, 6.45) is 1.19. The zero-order valence-electron chi connectivity index (χ0n) is 7.15. The predicted octanol–water partition coefficient (Wildman–Crippen LogP) is 2.06. The molecule has 0 unspecified atom stereocenters. The summed E-state index contributed by atoms with van der Waals surface area (Å²) in [5.74, 6) is 0. The summed E-state index contributed by atoms with van der Waals surface area (Å²) in [6.45, 7) is 0. The van der Waals surface area contributed by atoms with Crippen LogP contribution >= 0.6 is 0 Å². The molecule has 1 radical (unpaired) electrons. The maximum absolute atomic E-state index is 11.2. The van der Waals surface area contributed by atoms with Crippen molar-refractivity contribution in [2.75, 3.05) is 7.11 Å². The summed E-state index contributed by atoms with van der Waals surface area (Å²) in [5, 5.41) is 0.910. The molecule has 2 aromatic rings. The largest absolute Gasteiger partial charge is 0.452 e. The Kier molecular flexibility index (Phi) is 1.77. The van der Waals surface area contributed by atoms with Crippen LogP contribution in [0.4, 0.5) is 4.79 Å². The molecule has 0 saturated carbocycles. The highest BCUT2D eigenvalue weighted by molar-refractivity contribution is 5.88. The molecule has 1 heterocycles. The van der Waals surface area contributed by atoms with Crippen molar-refractivity contribution in [1.82, 2.24) is 4.57 Å². The van der Waals surface area contributed by atoms with Crippen molar-refractivity contribution in [2.45, 2.75) is 0 Å². The Hall–Kier alpha value is -1.77. The first-order valence-electron chi connectivity index (χ1n) is 3.89. The van der Waals surface area contributed by atoms with E-state index >= 15 is 0 Å². The second kappa shape index (κ2) is 2.94. The van der Waals surface area contributed by atoms with Gasteiger partial charge in [0, 0.05) is 17.6 Å². The average Bonchev–Trinajstić information content (AvgIpc) is 2.60. The molecule has 0 aliphatic carbocycles. The standard InChI is InChI=1S/C10H8NO2/c1-13-10(12)11-7-6-8-4-2-3-5-9(8)11/h2-5,7H,1H3. The number of hydrogen-bond acceptors (Lipinski definition) is 2. The van der Waals surface area contributed by atoms with Crippen molar-refractivity contribution in [1.29, 1.82) is 0 Å². The van der Waals surface area contributed by atoms with E-state index in [9.17, 15) is 4.79 Å². The fraction of sp³-hybridized carbons (Fsp3) is 0.100. The van der Waals surface area contributed by atoms with Crippen LogP contribution in [0.3, 0.4) is 0 Å². The summed E-state index contributed by atoms with van der Waals surface area (Å²) in [4.78, 5) is 11.2. The number of ether oxygens (including phenoxy) is 1. The van der Waals surface area contributed by atoms with Crippen LogP contribution in [0.1, 0.15) is 0 Å². The number of fused-ring (bicyclic) bond motifs is 1. The molecule has 3 nitrogen and oxygen atoms in total. The minimum Gasteiger partial charge on any atom is -0.452 e. The van der Waals surface area contributed by atoms with Gasteiger partial charge in [-0.2, -0.15) is 0 Å². The molecular weight excluding hydrogens is 166 g/mol. The van der Waals surface area contributed by atoms with Crippen molar-refractivity contribution in [2.24, 2.45) is 0 Å². The maximum Gasteiger partial charge on any atom is 0.418 e. The van der Waals surface area contributed by atoms with Gasteiger partial charge >= 0.3 is 6.09 Å². The van der Waals surface area contributed by atoms with Crippen LogP contribution in [0.15, 0.2) is 30.5 Å². The van der Waals surface area contributed by atoms with Crippen LogP contribution in [0, 0.1) is 6.07 Å². The van der Waals surface area contributed by atoms with Gasteiger partial charge in [-0.3, -0.25) is 4.57 Å². The lowest BCUT2D eigenvalue weighted by Crippen LogP contribution is -2.09. The minimum atomic E-state index is -0.391. The number of para-hydroxylation sites is 1. The lowest BCUT2D eigenvalue weighted by molar-refractivity contribution is 0.174. The van der Waals surface area contributed by atoms with E-state index in [1.807, 2.05) is 24.3 Å². The summed E-state index contributed by atoms with van der Waals surface area (Å²) in [6, 6.07) is 10.5. The van der Waals surface area contributed by atoms with E-state index in [-0.39, 0.29) is 0 Å². The van der Waals surface area contributed by atoms with Crippen molar-refractivity contribution >= 4 is 17.0 Å². The van der Waals surface area contributed by atoms with E-state index in [1.54, 1.807) is 6.20 Å². The monoisotopic (exact) mass is 174 g/mol. The Bertz CT molecular complexity index is 445. The van der Waals surface area contributed by atoms with E-state index in [0.29, 0.717) is 0 Å². The van der Waals surface area contributed by atoms with E-state index in [4.69, 9.17) is 0 Å². The van der Waals surface area contributed by atoms with Crippen LogP contribution in [-0.2, 0) is 4.74 Å². The van der Waals surface area contributed by atoms with Gasteiger partial charge in [-0.1, -0.05) is 18.2 Å². The molecule has 0 saturated heterocycles. The van der Waals surface area contributed by atoms with Gasteiger partial charge in [-0.15, -0.1) is 0 Å². The Morgan fingerprint density at radius 1 is 1.46 bits per heavy atom. The van der Waals surface area contributed by atoms with Crippen molar-refractivity contribution in [3.63, 3.8) is 0 Å². The topological polar surface area (TPSA) is 31.2 Å². The summed E-state index contributed by atoms with van der Waals surface area (Å²) < 4.78 is 6.03. The molecule has 0 atom stereocenters. The van der Waals surface area contributed by atoms with E-state index in [2.05, 4.69) is 10.8 Å². The van der Waals surface area contributed by atoms with Gasteiger partial charge in [0.05, 0.1) is 12.6 Å². The second-order valence-corrected chi connectivity index (χ2v) is 2.63. The third-order valence-corrected chi connectivity index (χ3v) is 1.88. The second-order valence-electron chi connectivity index (χ2n) is 2.63. The van der Waals surface area contributed by atoms with E-state index < -0.39 is 6.09 Å². The quantitative estimate of drug-likeness (QED) is 0.612. The molecule has 3 heteroatoms. The van der Waals surface area contributed by atoms with Gasteiger partial charge in [0.2, 0.25) is 0 Å². The maximum atomic E-state index is 11.2. The average molecular weight is 174 g/mol. The highest BCUT2D eigenvalue weighted by Gasteiger charge is 2.06. The summed E-state index contributed by atoms with van der Waals surface area (Å²) >= 11 is 0. The fourth-order valence-corrected chi connectivity index (χ4v) is 1.26. The molecule has 0 N–H and O–H groups in total. The molecule has 65 valence electrons. The third kappa shape index (κ3) is 1.18. The van der Waals surface area contributed by atoms with Crippen molar-refractivity contribution in [3.05, 3.63) is 36.5 Å². The molecule has 2 rings (SSSR count). The van der Waals surface area contributed by atoms with Gasteiger partial charge in [0.15, 0.2) is 0 Å². The summed E-state index contributed by atoms with van der Waals surface area (Å²) in [5.41, 5.74) is 0.814. The number of rotatable bonds is 0. The highest BCUT2D eigenvalue weighted by atomic mass is 16.5. The normalized spacial score (nSPS) is 10.2. The first kappa shape index (κ1) is 7.86. The number of aromatic nitrogens is 1. The van der Waals surface area contributed by atoms with Gasteiger partial charge in [-0.05, 0) is 6.07 Å². The molecule has 0 bridgehead atoms. The number of hydrogen-bond donors (Lipinski definition) is 0. The predicted molar refractivity (Wildman–Crippen MR) is 48.6 cm³/mol. The third-order valence-electron chi connectivity index (χ3n) is 1.88. The zero-order valence-corrected chi connectivity index (χ0v) is 7.15. The van der Waals surface area contributed by atoms with Gasteiger partial charge in [-0.25, -0.2) is 4.79 Å². The Morgan fingerprint density at radius 2 is 2.23 bits per heavy atom. The SMILES string of the molecule is COC(=O)n1c[c]c2ccccc21. The van der Waals surface area contributed by atoms with Gasteiger partial charge in [0.25, 0.3) is 0 Å². The molecular formula is C10H8NO2. The lowest BCUT2D eigenvalue weighted by atomic mass is 10.2. The fourth-order valence-electron chi connectivity index (χ4n) is 1.26. The number of carbonyl (C=O) groups excluding carboxylic acids is 1. The molecule has 1 aromatic carbocycles. The van der Waals surface area contributed by atoms with Gasteiger partial charge < -0.3 is 4.74 Å². The first-order chi connectivity index (χ1) is 6.33. The molecule has 0 aliphatic heterocycles. The number of nitrogens with zero attached hydrogens (tertiary/aromatic N) is 1.